The molecule has 1 unspecified atom stereocenters. The summed E-state index contributed by atoms with van der Waals surface area (Å²) in [6.07, 6.45) is 1.39. The van der Waals surface area contributed by atoms with Gasteiger partial charge >= 0.3 is 0 Å². The van der Waals surface area contributed by atoms with Crippen LogP contribution in [0, 0.1) is 11.6 Å². The van der Waals surface area contributed by atoms with Gasteiger partial charge < -0.3 is 0 Å². The SMILES string of the molecule is NNC(c1ccc(Cl)cn1)c1c(F)cccc1F. The fourth-order valence-corrected chi connectivity index (χ4v) is 1.77. The molecule has 18 heavy (non-hydrogen) atoms. The molecule has 2 aromatic rings. The topological polar surface area (TPSA) is 50.9 Å². The van der Waals surface area contributed by atoms with Crippen molar-refractivity contribution in [1.29, 1.82) is 0 Å². The van der Waals surface area contributed by atoms with Crippen LogP contribution < -0.4 is 11.3 Å². The van der Waals surface area contributed by atoms with Gasteiger partial charge in [-0.3, -0.25) is 10.8 Å². The number of rotatable bonds is 3. The Labute approximate surface area is 108 Å². The van der Waals surface area contributed by atoms with Crippen LogP contribution in [0.15, 0.2) is 36.5 Å². The van der Waals surface area contributed by atoms with Crippen LogP contribution in [-0.2, 0) is 0 Å². The minimum atomic E-state index is -0.872. The maximum absolute atomic E-state index is 13.7. The summed E-state index contributed by atoms with van der Waals surface area (Å²) < 4.78 is 27.3. The zero-order valence-corrected chi connectivity index (χ0v) is 9.96. The molecule has 0 bridgehead atoms. The number of halogens is 3. The normalized spacial score (nSPS) is 12.4. The van der Waals surface area contributed by atoms with Crippen molar-refractivity contribution in [2.24, 2.45) is 5.84 Å². The molecule has 94 valence electrons. The lowest BCUT2D eigenvalue weighted by atomic mass is 10.0. The molecule has 0 saturated heterocycles. The molecule has 0 radical (unpaired) electrons. The van der Waals surface area contributed by atoms with Gasteiger partial charge in [0.15, 0.2) is 0 Å². The number of aromatic nitrogens is 1. The van der Waals surface area contributed by atoms with Gasteiger partial charge in [-0.25, -0.2) is 14.2 Å². The Morgan fingerprint density at radius 1 is 1.17 bits per heavy atom. The summed E-state index contributed by atoms with van der Waals surface area (Å²) >= 11 is 5.71. The molecular weight excluding hydrogens is 260 g/mol. The number of hydrogen-bond donors (Lipinski definition) is 2. The highest BCUT2D eigenvalue weighted by Crippen LogP contribution is 2.25. The van der Waals surface area contributed by atoms with Crippen LogP contribution in [0.3, 0.4) is 0 Å². The van der Waals surface area contributed by atoms with E-state index < -0.39 is 17.7 Å². The monoisotopic (exact) mass is 269 g/mol. The first kappa shape index (κ1) is 12.9. The van der Waals surface area contributed by atoms with Gasteiger partial charge in [-0.1, -0.05) is 17.7 Å². The first-order valence-corrected chi connectivity index (χ1v) is 5.52. The molecule has 1 aromatic carbocycles. The van der Waals surface area contributed by atoms with Crippen LogP contribution in [-0.4, -0.2) is 4.98 Å². The molecule has 3 N–H and O–H groups in total. The van der Waals surface area contributed by atoms with Gasteiger partial charge in [-0.15, -0.1) is 0 Å². The Morgan fingerprint density at radius 2 is 1.83 bits per heavy atom. The minimum absolute atomic E-state index is 0.171. The summed E-state index contributed by atoms with van der Waals surface area (Å²) in [6.45, 7) is 0. The largest absolute Gasteiger partial charge is 0.271 e. The number of nitrogens with two attached hydrogens (primary N) is 1. The van der Waals surface area contributed by atoms with E-state index in [1.807, 2.05) is 0 Å². The van der Waals surface area contributed by atoms with E-state index in [-0.39, 0.29) is 5.56 Å². The fourth-order valence-electron chi connectivity index (χ4n) is 1.66. The lowest BCUT2D eigenvalue weighted by Gasteiger charge is -2.17. The molecule has 0 fully saturated rings. The van der Waals surface area contributed by atoms with Gasteiger partial charge in [-0.2, -0.15) is 0 Å². The van der Waals surface area contributed by atoms with E-state index in [1.165, 1.54) is 24.4 Å². The van der Waals surface area contributed by atoms with E-state index in [4.69, 9.17) is 17.4 Å². The first-order chi connectivity index (χ1) is 8.63. The first-order valence-electron chi connectivity index (χ1n) is 5.15. The molecular formula is C12H10ClF2N3. The van der Waals surface area contributed by atoms with Gasteiger partial charge in [0.1, 0.15) is 11.6 Å². The molecule has 2 rings (SSSR count). The van der Waals surface area contributed by atoms with Gasteiger partial charge in [0.2, 0.25) is 0 Å². The Morgan fingerprint density at radius 3 is 2.33 bits per heavy atom. The maximum atomic E-state index is 13.7. The van der Waals surface area contributed by atoms with E-state index in [0.717, 1.165) is 0 Å². The van der Waals surface area contributed by atoms with Crippen molar-refractivity contribution in [1.82, 2.24) is 10.4 Å². The van der Waals surface area contributed by atoms with Crippen LogP contribution >= 0.6 is 11.6 Å². The molecule has 1 atom stereocenters. The third kappa shape index (κ3) is 2.48. The van der Waals surface area contributed by atoms with E-state index in [9.17, 15) is 8.78 Å². The summed E-state index contributed by atoms with van der Waals surface area (Å²) in [5, 5.41) is 0.434. The highest BCUT2D eigenvalue weighted by molar-refractivity contribution is 6.30. The second-order valence-electron chi connectivity index (χ2n) is 3.64. The van der Waals surface area contributed by atoms with E-state index in [1.54, 1.807) is 12.1 Å². The summed E-state index contributed by atoms with van der Waals surface area (Å²) in [5.41, 5.74) is 2.56. The third-order valence-corrected chi connectivity index (χ3v) is 2.72. The van der Waals surface area contributed by atoms with Crippen molar-refractivity contribution >= 4 is 11.6 Å². The average molecular weight is 270 g/mol. The van der Waals surface area contributed by atoms with Crippen molar-refractivity contribution in [3.8, 4) is 0 Å². The second kappa shape index (κ2) is 5.39. The maximum Gasteiger partial charge on any atom is 0.131 e. The minimum Gasteiger partial charge on any atom is -0.271 e. The molecule has 1 aromatic heterocycles. The number of hydrogen-bond acceptors (Lipinski definition) is 3. The lowest BCUT2D eigenvalue weighted by molar-refractivity contribution is 0.505. The van der Waals surface area contributed by atoms with Crippen LogP contribution in [0.4, 0.5) is 8.78 Å². The van der Waals surface area contributed by atoms with Crippen molar-refractivity contribution in [2.75, 3.05) is 0 Å². The van der Waals surface area contributed by atoms with Crippen LogP contribution in [0.25, 0.3) is 0 Å². The smallest absolute Gasteiger partial charge is 0.131 e. The number of nitrogens with zero attached hydrogens (tertiary/aromatic N) is 1. The molecule has 3 nitrogen and oxygen atoms in total. The number of benzene rings is 1. The Bertz CT molecular complexity index is 525. The number of hydrazine groups is 1. The van der Waals surface area contributed by atoms with Crippen LogP contribution in [0.1, 0.15) is 17.3 Å². The second-order valence-corrected chi connectivity index (χ2v) is 4.07. The molecule has 0 spiro atoms. The van der Waals surface area contributed by atoms with Crippen molar-refractivity contribution in [3.63, 3.8) is 0 Å². The molecule has 0 aliphatic rings. The molecule has 1 heterocycles. The summed E-state index contributed by atoms with van der Waals surface area (Å²) in [7, 11) is 0. The van der Waals surface area contributed by atoms with Crippen molar-refractivity contribution in [3.05, 3.63) is 64.4 Å². The standard InChI is InChI=1S/C12H10ClF2N3/c13-7-4-5-10(17-6-7)12(18-16)11-8(14)2-1-3-9(11)15/h1-6,12,18H,16H2. The van der Waals surface area contributed by atoms with E-state index >= 15 is 0 Å². The Balaban J connectivity index is 2.48. The van der Waals surface area contributed by atoms with E-state index in [0.29, 0.717) is 10.7 Å². The molecule has 0 aliphatic carbocycles. The highest BCUT2D eigenvalue weighted by Gasteiger charge is 2.21. The van der Waals surface area contributed by atoms with Gasteiger partial charge in [0.25, 0.3) is 0 Å². The average Bonchev–Trinajstić information content (AvgIpc) is 2.35. The Hall–Kier alpha value is -1.56. The summed E-state index contributed by atoms with van der Waals surface area (Å²) in [6, 6.07) is 5.88. The fraction of sp³-hybridized carbons (Fsp3) is 0.0833. The highest BCUT2D eigenvalue weighted by atomic mass is 35.5. The lowest BCUT2D eigenvalue weighted by Crippen LogP contribution is -2.31. The predicted octanol–water partition coefficient (Wildman–Crippen LogP) is 2.57. The molecule has 0 aliphatic heterocycles. The molecule has 6 heteroatoms. The van der Waals surface area contributed by atoms with Crippen LogP contribution in [0.2, 0.25) is 5.02 Å². The predicted molar refractivity (Wildman–Crippen MR) is 64.8 cm³/mol. The Kier molecular flexibility index (Phi) is 3.86. The zero-order chi connectivity index (χ0) is 13.1. The summed E-state index contributed by atoms with van der Waals surface area (Å²) in [5.74, 6) is 3.99. The zero-order valence-electron chi connectivity index (χ0n) is 9.20. The quantitative estimate of drug-likeness (QED) is 0.665. The van der Waals surface area contributed by atoms with Gasteiger partial charge in [0.05, 0.1) is 16.8 Å². The van der Waals surface area contributed by atoms with Gasteiger partial charge in [-0.05, 0) is 24.3 Å². The number of nitrogens with one attached hydrogen (secondary N) is 1. The van der Waals surface area contributed by atoms with E-state index in [2.05, 4.69) is 10.4 Å². The van der Waals surface area contributed by atoms with Gasteiger partial charge in [0, 0.05) is 11.8 Å². The molecule has 0 saturated carbocycles. The molecule has 0 amide bonds. The third-order valence-electron chi connectivity index (χ3n) is 2.50. The summed E-state index contributed by atoms with van der Waals surface area (Å²) in [4.78, 5) is 4.00. The van der Waals surface area contributed by atoms with Crippen molar-refractivity contribution in [2.45, 2.75) is 6.04 Å². The number of pyridine rings is 1. The van der Waals surface area contributed by atoms with Crippen LogP contribution in [0.5, 0.6) is 0 Å². The van der Waals surface area contributed by atoms with Crippen molar-refractivity contribution < 1.29 is 8.78 Å².